The van der Waals surface area contributed by atoms with E-state index in [-0.39, 0.29) is 16.4 Å². The van der Waals surface area contributed by atoms with Gasteiger partial charge >= 0.3 is 5.97 Å². The number of benzene rings is 1. The van der Waals surface area contributed by atoms with Crippen molar-refractivity contribution in [1.82, 2.24) is 4.90 Å². The number of rotatable bonds is 3. The standard InChI is InChI=1S/C16H21NO5S/c1-10-6-7-17(14(8-10)16(19)20)15(18)13-9-12(23(3,21)22)5-4-11(13)2/h4-5,9-10,14H,6-8H2,1-3H3,(H,19,20). The van der Waals surface area contributed by atoms with Crippen molar-refractivity contribution in [3.8, 4) is 0 Å². The highest BCUT2D eigenvalue weighted by Crippen LogP contribution is 2.26. The summed E-state index contributed by atoms with van der Waals surface area (Å²) in [6.07, 6.45) is 2.22. The van der Waals surface area contributed by atoms with Crippen molar-refractivity contribution in [2.24, 2.45) is 5.92 Å². The normalized spacial score (nSPS) is 22.0. The molecule has 1 fully saturated rings. The van der Waals surface area contributed by atoms with Crippen LogP contribution >= 0.6 is 0 Å². The monoisotopic (exact) mass is 339 g/mol. The Morgan fingerprint density at radius 3 is 2.52 bits per heavy atom. The molecule has 0 radical (unpaired) electrons. The van der Waals surface area contributed by atoms with E-state index in [0.29, 0.717) is 18.5 Å². The van der Waals surface area contributed by atoms with Gasteiger partial charge in [0.2, 0.25) is 0 Å². The molecule has 1 saturated heterocycles. The van der Waals surface area contributed by atoms with Crippen molar-refractivity contribution in [2.75, 3.05) is 12.8 Å². The summed E-state index contributed by atoms with van der Waals surface area (Å²) in [5.41, 5.74) is 0.874. The smallest absolute Gasteiger partial charge is 0.326 e. The van der Waals surface area contributed by atoms with Crippen molar-refractivity contribution >= 4 is 21.7 Å². The van der Waals surface area contributed by atoms with Crippen LogP contribution in [0.3, 0.4) is 0 Å². The molecule has 1 N–H and O–H groups in total. The van der Waals surface area contributed by atoms with Gasteiger partial charge in [-0.3, -0.25) is 4.79 Å². The summed E-state index contributed by atoms with van der Waals surface area (Å²) in [6.45, 7) is 4.04. The lowest BCUT2D eigenvalue weighted by atomic mass is 9.91. The third kappa shape index (κ3) is 3.72. The Bertz CT molecular complexity index is 741. The predicted molar refractivity (Wildman–Crippen MR) is 85.1 cm³/mol. The van der Waals surface area contributed by atoms with Crippen LogP contribution in [0.2, 0.25) is 0 Å². The number of aliphatic carboxylic acids is 1. The Morgan fingerprint density at radius 1 is 1.30 bits per heavy atom. The first kappa shape index (κ1) is 17.5. The first-order valence-corrected chi connectivity index (χ1v) is 9.35. The molecule has 1 aromatic rings. The number of piperidine rings is 1. The average Bonchev–Trinajstić information content (AvgIpc) is 2.45. The van der Waals surface area contributed by atoms with Crippen molar-refractivity contribution < 1.29 is 23.1 Å². The number of carbonyl (C=O) groups is 2. The van der Waals surface area contributed by atoms with Crippen LogP contribution < -0.4 is 0 Å². The molecule has 23 heavy (non-hydrogen) atoms. The fourth-order valence-corrected chi connectivity index (χ4v) is 3.48. The molecular formula is C16H21NO5S. The van der Waals surface area contributed by atoms with E-state index in [0.717, 1.165) is 12.7 Å². The molecule has 126 valence electrons. The van der Waals surface area contributed by atoms with Crippen LogP contribution in [0.15, 0.2) is 23.1 Å². The lowest BCUT2D eigenvalue weighted by Crippen LogP contribution is -2.50. The molecule has 0 saturated carbocycles. The zero-order chi connectivity index (χ0) is 17.4. The number of sulfone groups is 1. The molecule has 1 aliphatic heterocycles. The third-order valence-electron chi connectivity index (χ3n) is 4.28. The van der Waals surface area contributed by atoms with Crippen LogP contribution in [0.1, 0.15) is 35.7 Å². The molecule has 7 heteroatoms. The number of likely N-dealkylation sites (tertiary alicyclic amines) is 1. The Kier molecular flexibility index (Phi) is 4.79. The molecule has 1 heterocycles. The lowest BCUT2D eigenvalue weighted by Gasteiger charge is -2.36. The number of carboxylic acids is 1. The molecule has 0 aromatic heterocycles. The molecule has 2 rings (SSSR count). The molecule has 1 aromatic carbocycles. The zero-order valence-electron chi connectivity index (χ0n) is 13.4. The van der Waals surface area contributed by atoms with Gasteiger partial charge in [-0.25, -0.2) is 13.2 Å². The van der Waals surface area contributed by atoms with E-state index in [1.807, 2.05) is 6.92 Å². The van der Waals surface area contributed by atoms with E-state index < -0.39 is 27.8 Å². The number of amides is 1. The fraction of sp³-hybridized carbons (Fsp3) is 0.500. The number of nitrogens with zero attached hydrogens (tertiary/aromatic N) is 1. The maximum absolute atomic E-state index is 12.8. The summed E-state index contributed by atoms with van der Waals surface area (Å²) < 4.78 is 23.4. The topological polar surface area (TPSA) is 91.8 Å². The van der Waals surface area contributed by atoms with Gasteiger partial charge in [0.1, 0.15) is 6.04 Å². The molecular weight excluding hydrogens is 318 g/mol. The van der Waals surface area contributed by atoms with Gasteiger partial charge in [-0.15, -0.1) is 0 Å². The van der Waals surface area contributed by atoms with E-state index in [4.69, 9.17) is 0 Å². The summed E-state index contributed by atoms with van der Waals surface area (Å²) in [6, 6.07) is 3.50. The van der Waals surface area contributed by atoms with Crippen LogP contribution in [0.25, 0.3) is 0 Å². The first-order chi connectivity index (χ1) is 10.6. The SMILES string of the molecule is Cc1ccc(S(C)(=O)=O)cc1C(=O)N1CCC(C)CC1C(=O)O. The maximum atomic E-state index is 12.8. The molecule has 1 aliphatic rings. The molecule has 2 unspecified atom stereocenters. The van der Waals surface area contributed by atoms with E-state index >= 15 is 0 Å². The minimum absolute atomic E-state index is 0.0590. The number of carboxylic acid groups (broad SMARTS) is 1. The summed E-state index contributed by atoms with van der Waals surface area (Å²) in [7, 11) is -3.43. The van der Waals surface area contributed by atoms with Crippen molar-refractivity contribution in [1.29, 1.82) is 0 Å². The van der Waals surface area contributed by atoms with Gasteiger partial charge in [0.25, 0.3) is 5.91 Å². The second-order valence-corrected chi connectivity index (χ2v) is 8.25. The van der Waals surface area contributed by atoms with Crippen LogP contribution in [-0.4, -0.2) is 49.1 Å². The molecule has 0 bridgehead atoms. The highest BCUT2D eigenvalue weighted by atomic mass is 32.2. The van der Waals surface area contributed by atoms with Crippen molar-refractivity contribution in [3.63, 3.8) is 0 Å². The highest BCUT2D eigenvalue weighted by molar-refractivity contribution is 7.90. The Hall–Kier alpha value is -1.89. The molecule has 2 atom stereocenters. The summed E-state index contributed by atoms with van der Waals surface area (Å²) in [5.74, 6) is -1.21. The summed E-state index contributed by atoms with van der Waals surface area (Å²) in [4.78, 5) is 25.7. The van der Waals surface area contributed by atoms with Gasteiger partial charge in [-0.2, -0.15) is 0 Å². The van der Waals surface area contributed by atoms with Gasteiger partial charge in [0.15, 0.2) is 9.84 Å². The van der Waals surface area contributed by atoms with Gasteiger partial charge in [0, 0.05) is 18.4 Å². The fourth-order valence-electron chi connectivity index (χ4n) is 2.84. The van der Waals surface area contributed by atoms with Gasteiger partial charge in [0.05, 0.1) is 4.90 Å². The van der Waals surface area contributed by atoms with Crippen LogP contribution in [0.5, 0.6) is 0 Å². The van der Waals surface area contributed by atoms with E-state index in [9.17, 15) is 23.1 Å². The number of hydrogen-bond donors (Lipinski definition) is 1. The number of carbonyl (C=O) groups excluding carboxylic acids is 1. The quantitative estimate of drug-likeness (QED) is 0.905. The highest BCUT2D eigenvalue weighted by Gasteiger charge is 2.35. The minimum atomic E-state index is -3.43. The van der Waals surface area contributed by atoms with Crippen LogP contribution in [-0.2, 0) is 14.6 Å². The second-order valence-electron chi connectivity index (χ2n) is 6.23. The molecule has 0 spiro atoms. The Labute approximate surface area is 136 Å². The van der Waals surface area contributed by atoms with E-state index in [2.05, 4.69) is 0 Å². The number of aryl methyl sites for hydroxylation is 1. The largest absolute Gasteiger partial charge is 0.480 e. The first-order valence-electron chi connectivity index (χ1n) is 7.45. The summed E-state index contributed by atoms with van der Waals surface area (Å²) in [5, 5.41) is 9.39. The minimum Gasteiger partial charge on any atom is -0.480 e. The zero-order valence-corrected chi connectivity index (χ0v) is 14.3. The van der Waals surface area contributed by atoms with Gasteiger partial charge in [-0.1, -0.05) is 13.0 Å². The third-order valence-corrected chi connectivity index (χ3v) is 5.39. The Balaban J connectivity index is 2.41. The predicted octanol–water partition coefficient (Wildman–Crippen LogP) is 1.72. The van der Waals surface area contributed by atoms with Crippen LogP contribution in [0, 0.1) is 12.8 Å². The average molecular weight is 339 g/mol. The Morgan fingerprint density at radius 2 is 1.96 bits per heavy atom. The lowest BCUT2D eigenvalue weighted by molar-refractivity contribution is -0.144. The molecule has 1 amide bonds. The second kappa shape index (κ2) is 6.31. The molecule has 6 nitrogen and oxygen atoms in total. The van der Waals surface area contributed by atoms with Crippen LogP contribution in [0.4, 0.5) is 0 Å². The van der Waals surface area contributed by atoms with Gasteiger partial charge in [-0.05, 0) is 43.4 Å². The van der Waals surface area contributed by atoms with Crippen molar-refractivity contribution in [2.45, 2.75) is 37.6 Å². The summed E-state index contributed by atoms with van der Waals surface area (Å²) >= 11 is 0. The van der Waals surface area contributed by atoms with E-state index in [1.165, 1.54) is 17.0 Å². The maximum Gasteiger partial charge on any atom is 0.326 e. The van der Waals surface area contributed by atoms with Crippen molar-refractivity contribution in [3.05, 3.63) is 29.3 Å². The number of hydrogen-bond acceptors (Lipinski definition) is 4. The van der Waals surface area contributed by atoms with Gasteiger partial charge < -0.3 is 10.0 Å². The molecule has 0 aliphatic carbocycles. The van der Waals surface area contributed by atoms with E-state index in [1.54, 1.807) is 13.0 Å².